The highest BCUT2D eigenvalue weighted by molar-refractivity contribution is 6.73. The van der Waals surface area contributed by atoms with Crippen molar-refractivity contribution in [1.29, 1.82) is 0 Å². The average molecular weight is 191 g/mol. The fourth-order valence-corrected chi connectivity index (χ4v) is 0.911. The molecule has 0 amide bonds. The standard InChI is InChI=1S/C7H7BF3O2/c1-13-7-3-2-5(4-6(7)12)8(9,10)11/h2-4,12H,1H3/q-1. The monoisotopic (exact) mass is 191 g/mol. The van der Waals surface area contributed by atoms with E-state index in [0.717, 1.165) is 12.1 Å². The van der Waals surface area contributed by atoms with E-state index in [2.05, 4.69) is 4.74 Å². The molecule has 0 aliphatic rings. The molecule has 1 aromatic rings. The lowest BCUT2D eigenvalue weighted by Gasteiger charge is -2.15. The molecule has 0 bridgehead atoms. The Balaban J connectivity index is 3.10. The number of phenols is 1. The lowest BCUT2D eigenvalue weighted by atomic mass is 9.80. The molecule has 0 aromatic heterocycles. The number of methoxy groups -OCH3 is 1. The molecule has 1 aromatic carbocycles. The molecular weight excluding hydrogens is 184 g/mol. The first kappa shape index (κ1) is 9.76. The third-order valence-electron chi connectivity index (χ3n) is 1.58. The molecule has 13 heavy (non-hydrogen) atoms. The molecule has 0 saturated heterocycles. The van der Waals surface area contributed by atoms with Crippen molar-refractivity contribution in [2.45, 2.75) is 0 Å². The van der Waals surface area contributed by atoms with Gasteiger partial charge >= 0.3 is 6.98 Å². The minimum atomic E-state index is -5.06. The van der Waals surface area contributed by atoms with Crippen LogP contribution in [0.4, 0.5) is 12.9 Å². The van der Waals surface area contributed by atoms with Crippen LogP contribution in [0.3, 0.4) is 0 Å². The Morgan fingerprint density at radius 1 is 1.31 bits per heavy atom. The van der Waals surface area contributed by atoms with Crippen molar-refractivity contribution in [3.05, 3.63) is 18.2 Å². The summed E-state index contributed by atoms with van der Waals surface area (Å²) in [6.07, 6.45) is 0. The Kier molecular flexibility index (Phi) is 2.40. The number of aromatic hydroxyl groups is 1. The van der Waals surface area contributed by atoms with Gasteiger partial charge in [-0.3, -0.25) is 0 Å². The summed E-state index contributed by atoms with van der Waals surface area (Å²) >= 11 is 0. The highest BCUT2D eigenvalue weighted by Gasteiger charge is 2.26. The van der Waals surface area contributed by atoms with Crippen LogP contribution in [0.15, 0.2) is 18.2 Å². The van der Waals surface area contributed by atoms with Gasteiger partial charge in [-0.05, 0) is 12.1 Å². The van der Waals surface area contributed by atoms with Gasteiger partial charge in [0.2, 0.25) is 0 Å². The van der Waals surface area contributed by atoms with Crippen LogP contribution in [0.5, 0.6) is 11.5 Å². The van der Waals surface area contributed by atoms with E-state index in [1.807, 2.05) is 0 Å². The van der Waals surface area contributed by atoms with Crippen LogP contribution in [0.1, 0.15) is 0 Å². The predicted octanol–water partition coefficient (Wildman–Crippen LogP) is 1.46. The maximum Gasteiger partial charge on any atom is 0.509 e. The first-order valence-corrected chi connectivity index (χ1v) is 3.52. The molecule has 0 atom stereocenters. The topological polar surface area (TPSA) is 29.5 Å². The van der Waals surface area contributed by atoms with Gasteiger partial charge < -0.3 is 22.8 Å². The fraction of sp³-hybridized carbons (Fsp3) is 0.143. The Labute approximate surface area is 73.0 Å². The molecule has 0 aliphatic heterocycles. The number of rotatable bonds is 2. The number of halogens is 3. The molecule has 0 heterocycles. The molecule has 0 unspecified atom stereocenters. The average Bonchev–Trinajstić information content (AvgIpc) is 2.02. The van der Waals surface area contributed by atoms with Crippen molar-refractivity contribution in [3.8, 4) is 11.5 Å². The van der Waals surface area contributed by atoms with E-state index in [4.69, 9.17) is 5.11 Å². The summed E-state index contributed by atoms with van der Waals surface area (Å²) < 4.78 is 40.9. The van der Waals surface area contributed by atoms with Crippen LogP contribution < -0.4 is 10.2 Å². The third-order valence-corrected chi connectivity index (χ3v) is 1.58. The van der Waals surface area contributed by atoms with Crippen LogP contribution in [-0.2, 0) is 0 Å². The molecule has 0 aliphatic carbocycles. The number of phenolic OH excluding ortho intramolecular Hbond substituents is 1. The molecule has 0 radical (unpaired) electrons. The SMILES string of the molecule is COc1ccc([B-](F)(F)F)cc1O. The van der Waals surface area contributed by atoms with E-state index < -0.39 is 18.2 Å². The minimum absolute atomic E-state index is 0.0313. The van der Waals surface area contributed by atoms with Crippen molar-refractivity contribution in [2.75, 3.05) is 7.11 Å². The molecule has 6 heteroatoms. The molecule has 0 spiro atoms. The molecule has 1 N–H and O–H groups in total. The van der Waals surface area contributed by atoms with Gasteiger partial charge in [0.15, 0.2) is 11.5 Å². The van der Waals surface area contributed by atoms with Crippen molar-refractivity contribution in [3.63, 3.8) is 0 Å². The molecular formula is C7H7BF3O2-. The van der Waals surface area contributed by atoms with Gasteiger partial charge in [-0.1, -0.05) is 6.07 Å². The van der Waals surface area contributed by atoms with Gasteiger partial charge in [-0.25, -0.2) is 0 Å². The van der Waals surface area contributed by atoms with Gasteiger partial charge in [0.05, 0.1) is 7.11 Å². The Bertz CT molecular complexity index is 311. The first-order valence-electron chi connectivity index (χ1n) is 3.52. The van der Waals surface area contributed by atoms with Crippen molar-refractivity contribution in [2.24, 2.45) is 0 Å². The zero-order chi connectivity index (χ0) is 10.1. The third kappa shape index (κ3) is 2.08. The Morgan fingerprint density at radius 3 is 2.31 bits per heavy atom. The second-order valence-corrected chi connectivity index (χ2v) is 2.51. The van der Waals surface area contributed by atoms with E-state index in [9.17, 15) is 12.9 Å². The Hall–Kier alpha value is -1.33. The maximum atomic E-state index is 12.1. The number of ether oxygens (including phenoxy) is 1. The summed E-state index contributed by atoms with van der Waals surface area (Å²) in [4.78, 5) is 0. The van der Waals surface area contributed by atoms with E-state index in [1.54, 1.807) is 0 Å². The van der Waals surface area contributed by atoms with Gasteiger partial charge in [0, 0.05) is 0 Å². The van der Waals surface area contributed by atoms with Crippen LogP contribution in [0.25, 0.3) is 0 Å². The zero-order valence-electron chi connectivity index (χ0n) is 6.80. The largest absolute Gasteiger partial charge is 0.509 e. The highest BCUT2D eigenvalue weighted by Crippen LogP contribution is 2.24. The smallest absolute Gasteiger partial charge is 0.504 e. The number of benzene rings is 1. The Morgan fingerprint density at radius 2 is 1.92 bits per heavy atom. The van der Waals surface area contributed by atoms with Crippen LogP contribution in [-0.4, -0.2) is 19.2 Å². The summed E-state index contributed by atoms with van der Waals surface area (Å²) in [5, 5.41) is 9.04. The van der Waals surface area contributed by atoms with E-state index in [1.165, 1.54) is 7.11 Å². The molecule has 72 valence electrons. The molecule has 0 fully saturated rings. The highest BCUT2D eigenvalue weighted by atomic mass is 19.4. The molecule has 0 saturated carbocycles. The molecule has 2 nitrogen and oxygen atoms in total. The summed E-state index contributed by atoms with van der Waals surface area (Å²) in [7, 11) is 1.27. The predicted molar refractivity (Wildman–Crippen MR) is 43.4 cm³/mol. The van der Waals surface area contributed by atoms with Gasteiger partial charge in [0.1, 0.15) is 0 Å². The second-order valence-electron chi connectivity index (χ2n) is 2.51. The van der Waals surface area contributed by atoms with E-state index in [-0.39, 0.29) is 5.75 Å². The van der Waals surface area contributed by atoms with Gasteiger partial charge in [0.25, 0.3) is 0 Å². The quantitative estimate of drug-likeness (QED) is 0.716. The van der Waals surface area contributed by atoms with Gasteiger partial charge in [-0.2, -0.15) is 0 Å². The summed E-state index contributed by atoms with van der Waals surface area (Å²) in [6, 6.07) is 2.61. The van der Waals surface area contributed by atoms with Crippen molar-refractivity contribution < 1.29 is 22.8 Å². The number of hydrogen-bond acceptors (Lipinski definition) is 2. The summed E-state index contributed by atoms with van der Waals surface area (Å²) in [5.74, 6) is -0.469. The lowest BCUT2D eigenvalue weighted by molar-refractivity contribution is 0.373. The van der Waals surface area contributed by atoms with E-state index >= 15 is 0 Å². The zero-order valence-corrected chi connectivity index (χ0v) is 6.80. The van der Waals surface area contributed by atoms with Crippen molar-refractivity contribution in [1.82, 2.24) is 0 Å². The minimum Gasteiger partial charge on any atom is -0.504 e. The van der Waals surface area contributed by atoms with E-state index in [0.29, 0.717) is 6.07 Å². The van der Waals surface area contributed by atoms with Crippen molar-refractivity contribution >= 4 is 12.4 Å². The fourth-order valence-electron chi connectivity index (χ4n) is 0.911. The van der Waals surface area contributed by atoms with Crippen LogP contribution >= 0.6 is 0 Å². The van der Waals surface area contributed by atoms with Crippen LogP contribution in [0, 0.1) is 0 Å². The maximum absolute atomic E-state index is 12.1. The van der Waals surface area contributed by atoms with Crippen LogP contribution in [0.2, 0.25) is 0 Å². The normalized spacial score (nSPS) is 11.4. The van der Waals surface area contributed by atoms with Gasteiger partial charge in [-0.15, -0.1) is 5.46 Å². The summed E-state index contributed by atoms with van der Waals surface area (Å²) in [6.45, 7) is -5.06. The first-order chi connectivity index (χ1) is 5.95. The number of hydrogen-bond donors (Lipinski definition) is 1. The summed E-state index contributed by atoms with van der Waals surface area (Å²) in [5.41, 5.74) is -0.835. The molecule has 1 rings (SSSR count). The lowest BCUT2D eigenvalue weighted by Crippen LogP contribution is -2.33. The second kappa shape index (κ2) is 3.20.